The van der Waals surface area contributed by atoms with E-state index in [4.69, 9.17) is 14.5 Å². The molecule has 1 heterocycles. The summed E-state index contributed by atoms with van der Waals surface area (Å²) in [6.07, 6.45) is 0.533. The highest BCUT2D eigenvalue weighted by atomic mass is 16.5. The van der Waals surface area contributed by atoms with Crippen molar-refractivity contribution in [2.24, 2.45) is 0 Å². The van der Waals surface area contributed by atoms with Crippen molar-refractivity contribution in [1.29, 1.82) is 0 Å². The van der Waals surface area contributed by atoms with Crippen molar-refractivity contribution in [2.45, 2.75) is 33.2 Å². The Labute approximate surface area is 222 Å². The lowest BCUT2D eigenvalue weighted by Gasteiger charge is -2.32. The van der Waals surface area contributed by atoms with Crippen LogP contribution in [0.25, 0.3) is 16.6 Å². The van der Waals surface area contributed by atoms with Gasteiger partial charge in [0.25, 0.3) is 5.56 Å². The van der Waals surface area contributed by atoms with Crippen molar-refractivity contribution in [1.82, 2.24) is 14.5 Å². The van der Waals surface area contributed by atoms with E-state index in [1.165, 1.54) is 0 Å². The summed E-state index contributed by atoms with van der Waals surface area (Å²) in [4.78, 5) is 34.2. The summed E-state index contributed by atoms with van der Waals surface area (Å²) >= 11 is 0. The normalized spacial score (nSPS) is 11.8. The van der Waals surface area contributed by atoms with E-state index in [0.29, 0.717) is 53.4 Å². The number of anilines is 1. The maximum absolute atomic E-state index is 13.9. The van der Waals surface area contributed by atoms with Crippen LogP contribution in [0.5, 0.6) is 5.75 Å². The van der Waals surface area contributed by atoms with Crippen LogP contribution >= 0.6 is 0 Å². The molecule has 1 aromatic heterocycles. The summed E-state index contributed by atoms with van der Waals surface area (Å²) in [6, 6.07) is 19.6. The van der Waals surface area contributed by atoms with Crippen LogP contribution in [0.4, 0.5) is 10.5 Å². The van der Waals surface area contributed by atoms with Crippen LogP contribution in [0.3, 0.4) is 0 Å². The molecule has 0 saturated heterocycles. The van der Waals surface area contributed by atoms with Crippen LogP contribution in [-0.2, 0) is 4.74 Å². The highest BCUT2D eigenvalue weighted by molar-refractivity contribution is 5.90. The highest BCUT2D eigenvalue weighted by Crippen LogP contribution is 2.28. The Balaban J connectivity index is 1.87. The molecular formula is C30H34N4O4. The Morgan fingerprint density at radius 2 is 1.82 bits per heavy atom. The number of carbonyl (C=O) groups is 1. The smallest absolute Gasteiger partial charge is 0.322 e. The van der Waals surface area contributed by atoms with Crippen LogP contribution in [0.15, 0.2) is 71.5 Å². The molecule has 1 N–H and O–H groups in total. The number of urea groups is 1. The maximum Gasteiger partial charge on any atom is 0.322 e. The van der Waals surface area contributed by atoms with Crippen molar-refractivity contribution in [2.75, 3.05) is 32.7 Å². The van der Waals surface area contributed by atoms with Crippen LogP contribution in [0.2, 0.25) is 0 Å². The van der Waals surface area contributed by atoms with E-state index < -0.39 is 6.04 Å². The molecule has 38 heavy (non-hydrogen) atoms. The second kappa shape index (κ2) is 11.9. The number of ether oxygens (including phenoxy) is 2. The van der Waals surface area contributed by atoms with E-state index in [2.05, 4.69) is 5.32 Å². The minimum Gasteiger partial charge on any atom is -0.497 e. The fraction of sp³-hybridized carbons (Fsp3) is 0.300. The first-order valence-corrected chi connectivity index (χ1v) is 12.7. The van der Waals surface area contributed by atoms with Gasteiger partial charge < -0.3 is 19.7 Å². The lowest BCUT2D eigenvalue weighted by Crippen LogP contribution is -2.42. The minimum atomic E-state index is -0.505. The Kier molecular flexibility index (Phi) is 8.43. The van der Waals surface area contributed by atoms with Crippen molar-refractivity contribution in [3.8, 4) is 11.4 Å². The molecule has 1 atom stereocenters. The zero-order chi connectivity index (χ0) is 27.2. The number of carbonyl (C=O) groups excluding carboxylic acids is 1. The average molecular weight is 515 g/mol. The van der Waals surface area contributed by atoms with Crippen LogP contribution < -0.4 is 15.6 Å². The molecule has 198 valence electrons. The maximum atomic E-state index is 13.9. The highest BCUT2D eigenvalue weighted by Gasteiger charge is 2.29. The monoisotopic (exact) mass is 514 g/mol. The fourth-order valence-corrected chi connectivity index (χ4v) is 4.51. The summed E-state index contributed by atoms with van der Waals surface area (Å²) < 4.78 is 12.3. The van der Waals surface area contributed by atoms with E-state index in [9.17, 15) is 9.59 Å². The molecule has 0 aliphatic rings. The summed E-state index contributed by atoms with van der Waals surface area (Å²) in [5.41, 5.74) is 3.92. The molecule has 0 radical (unpaired) electrons. The van der Waals surface area contributed by atoms with Gasteiger partial charge in [-0.05, 0) is 67.8 Å². The lowest BCUT2D eigenvalue weighted by atomic mass is 10.1. The van der Waals surface area contributed by atoms with Crippen molar-refractivity contribution in [3.05, 3.63) is 94.0 Å². The third-order valence-corrected chi connectivity index (χ3v) is 6.73. The Bertz CT molecular complexity index is 1500. The number of fused-ring (bicyclic) bond motifs is 1. The number of nitrogens with zero attached hydrogens (tertiary/aromatic N) is 3. The molecule has 4 aromatic rings. The standard InChI is InChI=1S/C30H34N4O4/c1-6-27(33(16-17-37-4)30(36)31-22-10-9-11-24(19-22)38-5)28-32-26-13-8-7-12-25(26)29(35)34(28)23-15-14-20(2)21(3)18-23/h7-15,18-19,27H,6,16-17H2,1-5H3,(H,31,36). The van der Waals surface area contributed by atoms with E-state index in [1.807, 2.05) is 69.3 Å². The Morgan fingerprint density at radius 3 is 2.53 bits per heavy atom. The number of para-hydroxylation sites is 1. The number of rotatable bonds is 9. The van der Waals surface area contributed by atoms with Crippen molar-refractivity contribution >= 4 is 22.6 Å². The predicted octanol–water partition coefficient (Wildman–Crippen LogP) is 5.64. The number of methoxy groups -OCH3 is 2. The van der Waals surface area contributed by atoms with Crippen LogP contribution in [0, 0.1) is 13.8 Å². The fourth-order valence-electron chi connectivity index (χ4n) is 4.51. The van der Waals surface area contributed by atoms with Gasteiger partial charge in [0.15, 0.2) is 0 Å². The molecule has 0 bridgehead atoms. The number of hydrogen-bond donors (Lipinski definition) is 1. The SMILES string of the molecule is CCC(c1nc2ccccc2c(=O)n1-c1ccc(C)c(C)c1)N(CCOC)C(=O)Nc1cccc(OC)c1. The third kappa shape index (κ3) is 5.55. The molecule has 1 unspecified atom stereocenters. The molecule has 8 heteroatoms. The number of aryl methyl sites for hydroxylation is 2. The van der Waals surface area contributed by atoms with E-state index in [1.54, 1.807) is 41.9 Å². The molecule has 0 saturated carbocycles. The third-order valence-electron chi connectivity index (χ3n) is 6.73. The second-order valence-corrected chi connectivity index (χ2v) is 9.17. The van der Waals surface area contributed by atoms with Gasteiger partial charge in [-0.1, -0.05) is 31.2 Å². The first-order chi connectivity index (χ1) is 18.4. The Hall–Kier alpha value is -4.17. The molecular weight excluding hydrogens is 480 g/mol. The average Bonchev–Trinajstić information content (AvgIpc) is 2.92. The first kappa shape index (κ1) is 26.9. The van der Waals surface area contributed by atoms with Gasteiger partial charge >= 0.3 is 6.03 Å². The number of benzene rings is 3. The topological polar surface area (TPSA) is 85.7 Å². The molecule has 3 aromatic carbocycles. The van der Waals surface area contributed by atoms with Gasteiger partial charge in [-0.15, -0.1) is 0 Å². The summed E-state index contributed by atoms with van der Waals surface area (Å²) in [7, 11) is 3.18. The molecule has 0 aliphatic heterocycles. The van der Waals surface area contributed by atoms with Crippen LogP contribution in [0.1, 0.15) is 36.3 Å². The van der Waals surface area contributed by atoms with Gasteiger partial charge in [0, 0.05) is 25.4 Å². The van der Waals surface area contributed by atoms with E-state index in [0.717, 1.165) is 11.1 Å². The second-order valence-electron chi connectivity index (χ2n) is 9.17. The number of aromatic nitrogens is 2. The van der Waals surface area contributed by atoms with E-state index >= 15 is 0 Å². The predicted molar refractivity (Wildman–Crippen MR) is 150 cm³/mol. The molecule has 8 nitrogen and oxygen atoms in total. The zero-order valence-corrected chi connectivity index (χ0v) is 22.5. The summed E-state index contributed by atoms with van der Waals surface area (Å²) in [5, 5.41) is 3.50. The molecule has 0 spiro atoms. The van der Waals surface area contributed by atoms with Crippen molar-refractivity contribution in [3.63, 3.8) is 0 Å². The van der Waals surface area contributed by atoms with Gasteiger partial charge in [-0.3, -0.25) is 9.36 Å². The number of amides is 2. The lowest BCUT2D eigenvalue weighted by molar-refractivity contribution is 0.131. The summed E-state index contributed by atoms with van der Waals surface area (Å²) in [5.74, 6) is 1.13. The summed E-state index contributed by atoms with van der Waals surface area (Å²) in [6.45, 7) is 6.66. The van der Waals surface area contributed by atoms with Gasteiger partial charge in [0.2, 0.25) is 0 Å². The quantitative estimate of drug-likeness (QED) is 0.312. The van der Waals surface area contributed by atoms with E-state index in [-0.39, 0.29) is 11.6 Å². The largest absolute Gasteiger partial charge is 0.497 e. The van der Waals surface area contributed by atoms with Crippen molar-refractivity contribution < 1.29 is 14.3 Å². The van der Waals surface area contributed by atoms with Gasteiger partial charge in [0.1, 0.15) is 11.6 Å². The molecule has 0 aliphatic carbocycles. The zero-order valence-electron chi connectivity index (χ0n) is 22.5. The van der Waals surface area contributed by atoms with Gasteiger partial charge in [-0.25, -0.2) is 9.78 Å². The van der Waals surface area contributed by atoms with Gasteiger partial charge in [0.05, 0.1) is 36.3 Å². The molecule has 2 amide bonds. The molecule has 0 fully saturated rings. The molecule has 4 rings (SSSR count). The first-order valence-electron chi connectivity index (χ1n) is 12.7. The van der Waals surface area contributed by atoms with Crippen LogP contribution in [-0.4, -0.2) is 47.9 Å². The Morgan fingerprint density at radius 1 is 1.03 bits per heavy atom. The van der Waals surface area contributed by atoms with Gasteiger partial charge in [-0.2, -0.15) is 0 Å². The minimum absolute atomic E-state index is 0.174. The number of hydrogen-bond acceptors (Lipinski definition) is 5. The number of nitrogens with one attached hydrogen (secondary N) is 1.